The summed E-state index contributed by atoms with van der Waals surface area (Å²) in [5.41, 5.74) is 10.2. The van der Waals surface area contributed by atoms with Crippen molar-refractivity contribution in [1.82, 2.24) is 35.1 Å². The highest BCUT2D eigenvalue weighted by atomic mass is 16.6. The van der Waals surface area contributed by atoms with Crippen LogP contribution >= 0.6 is 0 Å². The minimum absolute atomic E-state index is 0.0653. The highest BCUT2D eigenvalue weighted by Crippen LogP contribution is 2.39. The molecule has 58 heavy (non-hydrogen) atoms. The van der Waals surface area contributed by atoms with Gasteiger partial charge in [-0.15, -0.1) is 0 Å². The first kappa shape index (κ1) is 38.4. The molecule has 0 bridgehead atoms. The predicted molar refractivity (Wildman–Crippen MR) is 216 cm³/mol. The number of benzene rings is 3. The van der Waals surface area contributed by atoms with Gasteiger partial charge in [-0.2, -0.15) is 0 Å². The van der Waals surface area contributed by atoms with E-state index in [1.54, 1.807) is 42.3 Å². The third-order valence-corrected chi connectivity index (χ3v) is 12.0. The zero-order valence-corrected chi connectivity index (χ0v) is 32.6. The van der Waals surface area contributed by atoms with E-state index in [1.165, 1.54) is 7.11 Å². The Labute approximate surface area is 336 Å². The Morgan fingerprint density at radius 3 is 1.81 bits per heavy atom. The van der Waals surface area contributed by atoms with Gasteiger partial charge in [0, 0.05) is 24.7 Å². The number of rotatable bonds is 10. The zero-order chi connectivity index (χ0) is 40.4. The van der Waals surface area contributed by atoms with Gasteiger partial charge in [0.15, 0.2) is 0 Å². The van der Waals surface area contributed by atoms with Crippen LogP contribution in [0.1, 0.15) is 81.2 Å². The van der Waals surface area contributed by atoms with E-state index in [-0.39, 0.29) is 35.9 Å². The van der Waals surface area contributed by atoms with Crippen molar-refractivity contribution in [1.29, 1.82) is 0 Å². The first-order chi connectivity index (χ1) is 28.1. The zero-order valence-electron chi connectivity index (χ0n) is 32.6. The second-order valence-electron chi connectivity index (χ2n) is 15.5. The number of primary amides is 1. The molecule has 2 aromatic heterocycles. The number of hydrogen-bond donors (Lipinski definition) is 4. The van der Waals surface area contributed by atoms with Crippen LogP contribution in [0.4, 0.5) is 9.59 Å². The molecule has 3 aromatic carbocycles. The largest absolute Gasteiger partial charge is 0.453 e. The fourth-order valence-corrected chi connectivity index (χ4v) is 8.91. The summed E-state index contributed by atoms with van der Waals surface area (Å²) in [5, 5.41) is 2.86. The van der Waals surface area contributed by atoms with E-state index in [2.05, 4.69) is 56.7 Å². The van der Waals surface area contributed by atoms with Crippen molar-refractivity contribution in [2.24, 2.45) is 11.7 Å². The normalized spacial score (nSPS) is 21.4. The number of H-pyrrole nitrogens is 2. The highest BCUT2D eigenvalue weighted by molar-refractivity contribution is 5.89. The molecule has 5 atom stereocenters. The minimum atomic E-state index is -1.58. The average molecular weight is 785 g/mol. The molecule has 3 aliphatic rings. The van der Waals surface area contributed by atoms with E-state index in [1.807, 2.05) is 29.3 Å². The number of methoxy groups -OCH3 is 1. The number of nitrogens with zero attached hydrogens (tertiary/aromatic N) is 4. The van der Waals surface area contributed by atoms with Gasteiger partial charge >= 0.3 is 12.2 Å². The van der Waals surface area contributed by atoms with Gasteiger partial charge in [0.05, 0.1) is 48.9 Å². The van der Waals surface area contributed by atoms with Crippen molar-refractivity contribution in [2.75, 3.05) is 20.2 Å². The minimum Gasteiger partial charge on any atom is -0.453 e. The van der Waals surface area contributed by atoms with Crippen molar-refractivity contribution >= 4 is 24.0 Å². The summed E-state index contributed by atoms with van der Waals surface area (Å²) in [6.07, 6.45) is 7.70. The van der Waals surface area contributed by atoms with E-state index in [4.69, 9.17) is 20.2 Å². The lowest BCUT2D eigenvalue weighted by atomic mass is 9.93. The van der Waals surface area contributed by atoms with Gasteiger partial charge in [-0.1, -0.05) is 85.3 Å². The van der Waals surface area contributed by atoms with Crippen LogP contribution in [0.15, 0.2) is 91.3 Å². The lowest BCUT2D eigenvalue weighted by Gasteiger charge is -2.34. The van der Waals surface area contributed by atoms with Gasteiger partial charge in [0.2, 0.25) is 11.5 Å². The number of carbonyl (C=O) groups excluding carboxylic acids is 4. The topological polar surface area (TPSA) is 189 Å². The van der Waals surface area contributed by atoms with Crippen LogP contribution in [0.25, 0.3) is 33.6 Å². The van der Waals surface area contributed by atoms with E-state index in [9.17, 15) is 19.2 Å². The van der Waals surface area contributed by atoms with Gasteiger partial charge in [-0.3, -0.25) is 9.59 Å². The number of ether oxygens (including phenoxy) is 2. The van der Waals surface area contributed by atoms with E-state index in [0.29, 0.717) is 30.9 Å². The Bertz CT molecular complexity index is 2270. The Morgan fingerprint density at radius 2 is 1.26 bits per heavy atom. The first-order valence-electron chi connectivity index (χ1n) is 19.9. The van der Waals surface area contributed by atoms with Crippen LogP contribution in [-0.4, -0.2) is 80.0 Å². The molecule has 300 valence electrons. The highest BCUT2D eigenvalue weighted by Gasteiger charge is 2.46. The number of aromatic nitrogens is 4. The van der Waals surface area contributed by atoms with Crippen LogP contribution in [0, 0.1) is 5.92 Å². The number of imidazole rings is 2. The molecular weight excluding hydrogens is 737 g/mol. The Kier molecular flexibility index (Phi) is 10.7. The van der Waals surface area contributed by atoms with Crippen molar-refractivity contribution in [2.45, 2.75) is 75.6 Å². The second-order valence-corrected chi connectivity index (χ2v) is 15.5. The molecule has 4 amide bonds. The number of alkyl carbamates (subject to hydrolysis) is 1. The first-order valence-corrected chi connectivity index (χ1v) is 19.9. The Balaban J connectivity index is 0.922. The van der Waals surface area contributed by atoms with E-state index in [0.717, 1.165) is 78.0 Å². The molecule has 0 unspecified atom stereocenters. The number of hydrogen-bond acceptors (Lipinski definition) is 8. The maximum atomic E-state index is 14.0. The average Bonchev–Trinajstić information content (AvgIpc) is 4.10. The van der Waals surface area contributed by atoms with Crippen molar-refractivity contribution < 1.29 is 28.7 Å². The summed E-state index contributed by atoms with van der Waals surface area (Å²) < 4.78 is 10.3. The summed E-state index contributed by atoms with van der Waals surface area (Å²) in [6.45, 7) is 2.75. The Morgan fingerprint density at radius 1 is 0.724 bits per heavy atom. The number of nitrogens with one attached hydrogen (secondary N) is 3. The monoisotopic (exact) mass is 784 g/mol. The molecule has 14 nitrogen and oxygen atoms in total. The molecule has 2 saturated heterocycles. The summed E-state index contributed by atoms with van der Waals surface area (Å²) >= 11 is 0. The van der Waals surface area contributed by atoms with E-state index < -0.39 is 17.8 Å². The summed E-state index contributed by atoms with van der Waals surface area (Å²) in [6, 6.07) is 24.8. The molecule has 0 spiro atoms. The lowest BCUT2D eigenvalue weighted by Crippen LogP contribution is -2.48. The van der Waals surface area contributed by atoms with Crippen molar-refractivity contribution in [3.63, 3.8) is 0 Å². The number of nitrogens with two attached hydrogens (primary N) is 1. The van der Waals surface area contributed by atoms with Gasteiger partial charge in [-0.05, 0) is 67.7 Å². The molecule has 4 heterocycles. The van der Waals surface area contributed by atoms with Gasteiger partial charge in [0.25, 0.3) is 5.91 Å². The molecular formula is C44H48N8O6. The molecule has 14 heteroatoms. The molecule has 8 rings (SSSR count). The number of likely N-dealkylation sites (tertiary alicyclic amines) is 2. The summed E-state index contributed by atoms with van der Waals surface area (Å²) in [7, 11) is 1.34. The van der Waals surface area contributed by atoms with Crippen molar-refractivity contribution in [3.8, 4) is 33.6 Å². The lowest BCUT2D eigenvalue weighted by molar-refractivity contribution is -0.151. The maximum absolute atomic E-state index is 14.0. The van der Waals surface area contributed by atoms with Crippen LogP contribution in [0.2, 0.25) is 0 Å². The fourth-order valence-electron chi connectivity index (χ4n) is 8.91. The standard InChI is InChI=1S/C44H48N8O6/c1-44(58-42(45)55,31-9-4-3-5-10-31)41(54)52-24-8-14-37(52)39-47-26-35(49-39)30-21-17-28(18-22-30)27-15-19-29(20-16-27)34-25-46-38(48-34)36-13-7-23-51(36)40(53)32-11-6-12-33(32)50-43(56)57-2/h3-5,9-10,15-22,25-26,32-33,36-37H,6-8,11-14,23-24H2,1-2H3,(H2,45,55)(H,46,48)(H,47,49)(H,50,56)/t32-,33-,36-,37-,44+/m0/s1. The van der Waals surface area contributed by atoms with Crippen LogP contribution in [0.3, 0.4) is 0 Å². The number of carbonyl (C=O) groups is 4. The quantitative estimate of drug-likeness (QED) is 0.117. The fraction of sp³-hybridized carbons (Fsp3) is 0.364. The Hall–Kier alpha value is -6.44. The molecule has 3 fully saturated rings. The molecule has 5 N–H and O–H groups in total. The molecule has 1 saturated carbocycles. The SMILES string of the molecule is COC(=O)N[C@H]1CCC[C@@H]1C(=O)N1CCC[C@H]1c1ncc(-c2ccc(-c3ccc(-c4cnc([C@@H]5CCCN5C(=O)[C@](C)(OC(N)=O)c5ccccc5)[nH]4)cc3)cc2)[nH]1. The smallest absolute Gasteiger partial charge is 0.407 e. The van der Waals surface area contributed by atoms with E-state index >= 15 is 0 Å². The third-order valence-electron chi connectivity index (χ3n) is 12.0. The molecule has 2 aliphatic heterocycles. The van der Waals surface area contributed by atoms with Gasteiger partial charge in [-0.25, -0.2) is 19.6 Å². The number of aromatic amines is 2. The summed E-state index contributed by atoms with van der Waals surface area (Å²) in [4.78, 5) is 71.5. The van der Waals surface area contributed by atoms with Gasteiger partial charge < -0.3 is 40.3 Å². The summed E-state index contributed by atoms with van der Waals surface area (Å²) in [5.74, 6) is 0.893. The second kappa shape index (κ2) is 16.2. The van der Waals surface area contributed by atoms with Crippen LogP contribution in [0.5, 0.6) is 0 Å². The molecule has 0 radical (unpaired) electrons. The maximum Gasteiger partial charge on any atom is 0.407 e. The van der Waals surface area contributed by atoms with Crippen molar-refractivity contribution in [3.05, 3.63) is 108 Å². The third kappa shape index (κ3) is 7.53. The molecule has 5 aromatic rings. The molecule has 1 aliphatic carbocycles. The van der Waals surface area contributed by atoms with Gasteiger partial charge in [0.1, 0.15) is 11.6 Å². The predicted octanol–water partition coefficient (Wildman–Crippen LogP) is 7.00. The van der Waals surface area contributed by atoms with Crippen LogP contribution < -0.4 is 11.1 Å². The van der Waals surface area contributed by atoms with Crippen LogP contribution in [-0.2, 0) is 24.7 Å². The number of amides is 4.